The zero-order chi connectivity index (χ0) is 27.4. The number of hydrogen-bond donors (Lipinski definition) is 3. The molecule has 0 aromatic heterocycles. The number of aliphatic hydroxyl groups excluding tert-OH is 2. The van der Waals surface area contributed by atoms with Gasteiger partial charge >= 0.3 is 29.6 Å². The molecule has 202 valence electrons. The molecular formula is C31H35FNNaO5. The Morgan fingerprint density at radius 2 is 1.59 bits per heavy atom. The Balaban J connectivity index is 0.00000420. The van der Waals surface area contributed by atoms with Crippen molar-refractivity contribution < 1.29 is 58.9 Å². The molecule has 1 unspecified atom stereocenters. The van der Waals surface area contributed by atoms with E-state index in [1.54, 1.807) is 12.1 Å². The van der Waals surface area contributed by atoms with E-state index in [1.807, 2.05) is 30.3 Å². The van der Waals surface area contributed by atoms with Crippen molar-refractivity contribution in [2.24, 2.45) is 11.8 Å². The van der Waals surface area contributed by atoms with E-state index in [0.717, 1.165) is 40.7 Å². The molecular weight excluding hydrogens is 508 g/mol. The first kappa shape index (κ1) is 31.2. The number of carboxylic acid groups (broad SMARTS) is 1. The summed E-state index contributed by atoms with van der Waals surface area (Å²) in [6, 6.07) is 16.1. The van der Waals surface area contributed by atoms with Gasteiger partial charge in [0, 0.05) is 29.9 Å². The van der Waals surface area contributed by atoms with Gasteiger partial charge in [0.05, 0.1) is 12.2 Å². The zero-order valence-electron chi connectivity index (χ0n) is 22.8. The SMILES string of the molecule is CC(C)C1C(CC[C@@H](O)C[C@@H](O)CC(=O)[O-])=C(c2ccc(F)cc2)C(c2ccccc2)=C1C(=O)NC1CC1.[Na+]. The molecule has 2 aliphatic carbocycles. The Bertz CT molecular complexity index is 1220. The number of nitrogens with one attached hydrogen (secondary N) is 1. The summed E-state index contributed by atoms with van der Waals surface area (Å²) in [6.07, 6.45) is -0.173. The number of carbonyl (C=O) groups is 2. The van der Waals surface area contributed by atoms with Crippen molar-refractivity contribution in [3.63, 3.8) is 0 Å². The molecule has 1 fully saturated rings. The van der Waals surface area contributed by atoms with Gasteiger partial charge in [-0.2, -0.15) is 0 Å². The first-order valence-corrected chi connectivity index (χ1v) is 13.3. The molecule has 39 heavy (non-hydrogen) atoms. The van der Waals surface area contributed by atoms with Gasteiger partial charge in [-0.25, -0.2) is 4.39 Å². The maximum absolute atomic E-state index is 13.9. The zero-order valence-corrected chi connectivity index (χ0v) is 24.8. The number of carbonyl (C=O) groups excluding carboxylic acids is 2. The van der Waals surface area contributed by atoms with Crippen molar-refractivity contribution in [1.82, 2.24) is 5.32 Å². The average Bonchev–Trinajstić information content (AvgIpc) is 3.60. The molecule has 6 nitrogen and oxygen atoms in total. The van der Waals surface area contributed by atoms with Crippen molar-refractivity contribution in [3.05, 3.63) is 82.7 Å². The molecule has 2 aliphatic rings. The summed E-state index contributed by atoms with van der Waals surface area (Å²) in [5, 5.41) is 34.6. The minimum absolute atomic E-state index is 0. The Morgan fingerprint density at radius 3 is 2.15 bits per heavy atom. The number of allylic oxidation sites excluding steroid dienone is 3. The van der Waals surface area contributed by atoms with Gasteiger partial charge in [0.25, 0.3) is 0 Å². The summed E-state index contributed by atoms with van der Waals surface area (Å²) in [6.45, 7) is 4.12. The van der Waals surface area contributed by atoms with Crippen LogP contribution in [-0.2, 0) is 9.59 Å². The Labute approximate surface area is 251 Å². The average molecular weight is 544 g/mol. The molecule has 1 amide bonds. The summed E-state index contributed by atoms with van der Waals surface area (Å²) in [7, 11) is 0. The number of hydrogen-bond acceptors (Lipinski definition) is 5. The fourth-order valence-corrected chi connectivity index (χ4v) is 5.42. The number of halogens is 1. The van der Waals surface area contributed by atoms with E-state index < -0.39 is 24.6 Å². The predicted octanol–water partition coefficient (Wildman–Crippen LogP) is 0.634. The quantitative estimate of drug-likeness (QED) is 0.341. The van der Waals surface area contributed by atoms with Crippen LogP contribution in [0.4, 0.5) is 4.39 Å². The number of amides is 1. The molecule has 1 saturated carbocycles. The van der Waals surface area contributed by atoms with Crippen LogP contribution in [0.2, 0.25) is 0 Å². The fraction of sp³-hybridized carbons (Fsp3) is 0.419. The van der Waals surface area contributed by atoms with Crippen molar-refractivity contribution in [2.45, 2.75) is 70.6 Å². The van der Waals surface area contributed by atoms with Crippen molar-refractivity contribution >= 4 is 23.0 Å². The first-order chi connectivity index (χ1) is 18.2. The van der Waals surface area contributed by atoms with Crippen LogP contribution < -0.4 is 40.0 Å². The molecule has 0 spiro atoms. The van der Waals surface area contributed by atoms with Crippen LogP contribution in [0.25, 0.3) is 11.1 Å². The van der Waals surface area contributed by atoms with E-state index in [-0.39, 0.29) is 72.0 Å². The third kappa shape index (κ3) is 7.89. The Kier molecular flexibility index (Phi) is 11.1. The standard InChI is InChI=1S/C31H36FNO5.Na/c1-18(2)27-25(15-14-23(34)16-24(35)17-26(36)37)28(20-8-10-21(32)11-9-20)29(19-6-4-3-5-7-19)30(27)31(38)33-22-12-13-22;/h3-11,18,22-24,27,34-35H,12-17H2,1-2H3,(H,33,38)(H,36,37);/q;+1/p-1/t23-,24-,27?;/m1./s1. The monoisotopic (exact) mass is 543 g/mol. The Hall–Kier alpha value is -2.29. The molecule has 0 bridgehead atoms. The van der Waals surface area contributed by atoms with E-state index in [9.17, 15) is 29.3 Å². The molecule has 8 heteroatoms. The molecule has 0 aliphatic heterocycles. The normalized spacial score (nSPS) is 18.7. The summed E-state index contributed by atoms with van der Waals surface area (Å²) in [5.74, 6) is -2.01. The van der Waals surface area contributed by atoms with Gasteiger partial charge in [-0.1, -0.05) is 61.9 Å². The molecule has 2 aromatic carbocycles. The van der Waals surface area contributed by atoms with Gasteiger partial charge in [0.1, 0.15) is 5.82 Å². The smallest absolute Gasteiger partial charge is 0.550 e. The van der Waals surface area contributed by atoms with Gasteiger partial charge in [-0.3, -0.25) is 4.79 Å². The molecule has 3 atom stereocenters. The fourth-order valence-electron chi connectivity index (χ4n) is 5.42. The van der Waals surface area contributed by atoms with Gasteiger partial charge < -0.3 is 25.4 Å². The van der Waals surface area contributed by atoms with E-state index in [1.165, 1.54) is 12.1 Å². The van der Waals surface area contributed by atoms with Crippen LogP contribution in [-0.4, -0.2) is 40.3 Å². The summed E-state index contributed by atoms with van der Waals surface area (Å²) in [4.78, 5) is 24.6. The number of rotatable bonds is 12. The van der Waals surface area contributed by atoms with Gasteiger partial charge in [0.2, 0.25) is 5.91 Å². The van der Waals surface area contributed by atoms with Crippen LogP contribution in [0.1, 0.15) is 63.5 Å². The number of aliphatic carboxylic acids is 1. The third-order valence-electron chi connectivity index (χ3n) is 7.24. The number of aliphatic hydroxyl groups is 2. The Morgan fingerprint density at radius 1 is 0.974 bits per heavy atom. The minimum atomic E-state index is -1.37. The van der Waals surface area contributed by atoms with Crippen LogP contribution in [0.5, 0.6) is 0 Å². The molecule has 0 saturated heterocycles. The minimum Gasteiger partial charge on any atom is -0.550 e. The second-order valence-corrected chi connectivity index (χ2v) is 10.7. The third-order valence-corrected chi connectivity index (χ3v) is 7.24. The van der Waals surface area contributed by atoms with Gasteiger partial charge in [0.15, 0.2) is 0 Å². The van der Waals surface area contributed by atoms with Crippen LogP contribution >= 0.6 is 0 Å². The van der Waals surface area contributed by atoms with E-state index in [0.29, 0.717) is 12.0 Å². The van der Waals surface area contributed by atoms with Gasteiger partial charge in [-0.05, 0) is 72.4 Å². The van der Waals surface area contributed by atoms with E-state index in [4.69, 9.17) is 0 Å². The van der Waals surface area contributed by atoms with Crippen LogP contribution in [0.15, 0.2) is 65.7 Å². The molecule has 3 N–H and O–H groups in total. The molecule has 2 aromatic rings. The summed E-state index contributed by atoms with van der Waals surface area (Å²) in [5.41, 5.74) is 5.00. The van der Waals surface area contributed by atoms with Gasteiger partial charge in [-0.15, -0.1) is 0 Å². The van der Waals surface area contributed by atoms with E-state index >= 15 is 0 Å². The molecule has 0 heterocycles. The van der Waals surface area contributed by atoms with E-state index in [2.05, 4.69) is 19.2 Å². The predicted molar refractivity (Wildman–Crippen MR) is 142 cm³/mol. The summed E-state index contributed by atoms with van der Waals surface area (Å²) < 4.78 is 13.9. The maximum atomic E-state index is 13.9. The van der Waals surface area contributed by atoms with Crippen molar-refractivity contribution in [3.8, 4) is 0 Å². The number of carboxylic acids is 1. The largest absolute Gasteiger partial charge is 1.00 e. The summed E-state index contributed by atoms with van der Waals surface area (Å²) >= 11 is 0. The van der Waals surface area contributed by atoms with Crippen molar-refractivity contribution in [2.75, 3.05) is 0 Å². The number of benzene rings is 2. The van der Waals surface area contributed by atoms with Crippen LogP contribution in [0.3, 0.4) is 0 Å². The second kappa shape index (κ2) is 13.9. The molecule has 0 radical (unpaired) electrons. The maximum Gasteiger partial charge on any atom is 1.00 e. The molecule has 4 rings (SSSR count). The second-order valence-electron chi connectivity index (χ2n) is 10.7. The van der Waals surface area contributed by atoms with Crippen molar-refractivity contribution in [1.29, 1.82) is 0 Å². The first-order valence-electron chi connectivity index (χ1n) is 13.3. The van der Waals surface area contributed by atoms with Crippen LogP contribution in [0, 0.1) is 17.7 Å². The topological polar surface area (TPSA) is 110 Å².